The van der Waals surface area contributed by atoms with Crippen molar-refractivity contribution in [2.24, 2.45) is 0 Å². The smallest absolute Gasteiger partial charge is 0.137 e. The number of benzene rings is 2. The Hall–Kier alpha value is -0.940. The van der Waals surface area contributed by atoms with Crippen LogP contribution in [0.3, 0.4) is 0 Å². The van der Waals surface area contributed by atoms with E-state index in [0.29, 0.717) is 10.2 Å². The van der Waals surface area contributed by atoms with Crippen molar-refractivity contribution >= 4 is 37.5 Å². The average Bonchev–Trinajstić information content (AvgIpc) is 2.37. The van der Waals surface area contributed by atoms with Crippen molar-refractivity contribution < 1.29 is 8.78 Å². The highest BCUT2D eigenvalue weighted by Crippen LogP contribution is 2.28. The SMILES string of the molecule is CC(Nc1cc(F)ccc1Br)c1ccc(F)c(Br)c1. The molecule has 0 bridgehead atoms. The van der Waals surface area contributed by atoms with Crippen molar-refractivity contribution in [3.05, 3.63) is 62.5 Å². The monoisotopic (exact) mass is 389 g/mol. The van der Waals surface area contributed by atoms with E-state index >= 15 is 0 Å². The number of rotatable bonds is 3. The summed E-state index contributed by atoms with van der Waals surface area (Å²) in [6.45, 7) is 1.93. The van der Waals surface area contributed by atoms with Crippen LogP contribution in [0.25, 0.3) is 0 Å². The summed E-state index contributed by atoms with van der Waals surface area (Å²) in [5, 5.41) is 3.18. The van der Waals surface area contributed by atoms with Crippen LogP contribution in [0.1, 0.15) is 18.5 Å². The van der Waals surface area contributed by atoms with Gasteiger partial charge in [-0.25, -0.2) is 8.78 Å². The molecule has 0 aliphatic heterocycles. The third-order valence-electron chi connectivity index (χ3n) is 2.74. The number of hydrogen-bond donors (Lipinski definition) is 1. The topological polar surface area (TPSA) is 12.0 Å². The molecule has 100 valence electrons. The van der Waals surface area contributed by atoms with Crippen LogP contribution in [0.2, 0.25) is 0 Å². The molecule has 0 saturated heterocycles. The van der Waals surface area contributed by atoms with Crippen molar-refractivity contribution in [2.75, 3.05) is 5.32 Å². The molecule has 0 aliphatic carbocycles. The molecule has 2 aromatic rings. The number of halogens is 4. The van der Waals surface area contributed by atoms with E-state index in [-0.39, 0.29) is 17.7 Å². The summed E-state index contributed by atoms with van der Waals surface area (Å²) in [6, 6.07) is 9.18. The summed E-state index contributed by atoms with van der Waals surface area (Å²) in [6.07, 6.45) is 0. The van der Waals surface area contributed by atoms with Gasteiger partial charge in [0.25, 0.3) is 0 Å². The maximum absolute atomic E-state index is 13.2. The molecular weight excluding hydrogens is 380 g/mol. The van der Waals surface area contributed by atoms with E-state index < -0.39 is 0 Å². The van der Waals surface area contributed by atoms with E-state index in [1.165, 1.54) is 18.2 Å². The van der Waals surface area contributed by atoms with Gasteiger partial charge < -0.3 is 5.32 Å². The van der Waals surface area contributed by atoms with Crippen LogP contribution in [0, 0.1) is 11.6 Å². The average molecular weight is 391 g/mol. The van der Waals surface area contributed by atoms with Crippen molar-refractivity contribution in [1.82, 2.24) is 0 Å². The summed E-state index contributed by atoms with van der Waals surface area (Å²) in [5.41, 5.74) is 1.57. The Morgan fingerprint density at radius 3 is 2.42 bits per heavy atom. The number of anilines is 1. The first kappa shape index (κ1) is 14.5. The van der Waals surface area contributed by atoms with E-state index in [1.54, 1.807) is 18.2 Å². The zero-order valence-electron chi connectivity index (χ0n) is 10.1. The van der Waals surface area contributed by atoms with Gasteiger partial charge in [-0.15, -0.1) is 0 Å². The van der Waals surface area contributed by atoms with Gasteiger partial charge in [0.2, 0.25) is 0 Å². The van der Waals surface area contributed by atoms with Gasteiger partial charge >= 0.3 is 0 Å². The van der Waals surface area contributed by atoms with Crippen LogP contribution >= 0.6 is 31.9 Å². The minimum Gasteiger partial charge on any atom is -0.378 e. The maximum atomic E-state index is 13.2. The van der Waals surface area contributed by atoms with Crippen molar-refractivity contribution in [2.45, 2.75) is 13.0 Å². The molecule has 1 atom stereocenters. The Bertz CT molecular complexity index is 602. The first-order valence-electron chi connectivity index (χ1n) is 5.64. The Morgan fingerprint density at radius 2 is 1.74 bits per heavy atom. The molecular formula is C14H11Br2F2N. The highest BCUT2D eigenvalue weighted by molar-refractivity contribution is 9.10. The lowest BCUT2D eigenvalue weighted by atomic mass is 10.1. The summed E-state index contributed by atoms with van der Waals surface area (Å²) < 4.78 is 27.6. The fourth-order valence-corrected chi connectivity index (χ4v) is 2.46. The van der Waals surface area contributed by atoms with Gasteiger partial charge in [-0.3, -0.25) is 0 Å². The first-order chi connectivity index (χ1) is 8.97. The summed E-state index contributed by atoms with van der Waals surface area (Å²) in [7, 11) is 0. The highest BCUT2D eigenvalue weighted by atomic mass is 79.9. The minimum absolute atomic E-state index is 0.0741. The molecule has 5 heteroatoms. The van der Waals surface area contributed by atoms with Gasteiger partial charge in [-0.1, -0.05) is 6.07 Å². The van der Waals surface area contributed by atoms with E-state index in [2.05, 4.69) is 37.2 Å². The molecule has 19 heavy (non-hydrogen) atoms. The predicted octanol–water partition coefficient (Wildman–Crippen LogP) is 5.66. The van der Waals surface area contributed by atoms with Gasteiger partial charge in [-0.2, -0.15) is 0 Å². The minimum atomic E-state index is -0.307. The van der Waals surface area contributed by atoms with E-state index in [1.807, 2.05) is 6.92 Å². The summed E-state index contributed by atoms with van der Waals surface area (Å²) in [4.78, 5) is 0. The standard InChI is InChI=1S/C14H11Br2F2N/c1-8(9-2-5-13(18)12(16)6-9)19-14-7-10(17)3-4-11(14)15/h2-8,19H,1H3. The van der Waals surface area contributed by atoms with Crippen LogP contribution in [-0.2, 0) is 0 Å². The first-order valence-corrected chi connectivity index (χ1v) is 7.22. The molecule has 1 nitrogen and oxygen atoms in total. The zero-order chi connectivity index (χ0) is 14.0. The van der Waals surface area contributed by atoms with Crippen molar-refractivity contribution in [3.63, 3.8) is 0 Å². The highest BCUT2D eigenvalue weighted by Gasteiger charge is 2.10. The lowest BCUT2D eigenvalue weighted by Gasteiger charge is -2.17. The Balaban J connectivity index is 2.22. The second-order valence-electron chi connectivity index (χ2n) is 4.16. The van der Waals surface area contributed by atoms with Gasteiger partial charge in [0, 0.05) is 10.5 Å². The molecule has 0 aromatic heterocycles. The fourth-order valence-electron chi connectivity index (χ4n) is 1.71. The molecule has 0 saturated carbocycles. The van der Waals surface area contributed by atoms with Gasteiger partial charge in [0.1, 0.15) is 11.6 Å². The van der Waals surface area contributed by atoms with Crippen molar-refractivity contribution in [1.29, 1.82) is 0 Å². The van der Waals surface area contributed by atoms with Crippen LogP contribution in [-0.4, -0.2) is 0 Å². The Morgan fingerprint density at radius 1 is 1.00 bits per heavy atom. The molecule has 1 unspecified atom stereocenters. The Kier molecular flexibility index (Phi) is 4.58. The molecule has 1 N–H and O–H groups in total. The van der Waals surface area contributed by atoms with Crippen LogP contribution in [0.4, 0.5) is 14.5 Å². The van der Waals surface area contributed by atoms with Crippen LogP contribution in [0.15, 0.2) is 45.3 Å². The Labute approximate surface area is 127 Å². The molecule has 0 spiro atoms. The summed E-state index contributed by atoms with van der Waals surface area (Å²) >= 11 is 6.51. The second-order valence-corrected chi connectivity index (χ2v) is 5.87. The normalized spacial score (nSPS) is 12.3. The quantitative estimate of drug-likeness (QED) is 0.712. The lowest BCUT2D eigenvalue weighted by molar-refractivity contribution is 0.619. The van der Waals surface area contributed by atoms with Gasteiger partial charge in [-0.05, 0) is 74.7 Å². The summed E-state index contributed by atoms with van der Waals surface area (Å²) in [5.74, 6) is -0.610. The molecule has 0 fully saturated rings. The van der Waals surface area contributed by atoms with Crippen LogP contribution < -0.4 is 5.32 Å². The third kappa shape index (κ3) is 3.54. The molecule has 2 rings (SSSR count). The van der Waals surface area contributed by atoms with Gasteiger partial charge in [0.15, 0.2) is 0 Å². The molecule has 0 aliphatic rings. The van der Waals surface area contributed by atoms with E-state index in [9.17, 15) is 8.78 Å². The number of nitrogens with one attached hydrogen (secondary N) is 1. The zero-order valence-corrected chi connectivity index (χ0v) is 13.2. The van der Waals surface area contributed by atoms with E-state index in [0.717, 1.165) is 10.0 Å². The predicted molar refractivity (Wildman–Crippen MR) is 80.2 cm³/mol. The fraction of sp³-hybridized carbons (Fsp3) is 0.143. The number of hydrogen-bond acceptors (Lipinski definition) is 1. The van der Waals surface area contributed by atoms with Gasteiger partial charge in [0.05, 0.1) is 10.2 Å². The van der Waals surface area contributed by atoms with Crippen molar-refractivity contribution in [3.8, 4) is 0 Å². The van der Waals surface area contributed by atoms with Crippen LogP contribution in [0.5, 0.6) is 0 Å². The molecule has 2 aromatic carbocycles. The molecule has 0 radical (unpaired) electrons. The third-order valence-corrected chi connectivity index (χ3v) is 4.04. The van der Waals surface area contributed by atoms with E-state index in [4.69, 9.17) is 0 Å². The molecule has 0 amide bonds. The lowest BCUT2D eigenvalue weighted by Crippen LogP contribution is -2.07. The molecule has 0 heterocycles. The second kappa shape index (κ2) is 6.01. The maximum Gasteiger partial charge on any atom is 0.137 e. The largest absolute Gasteiger partial charge is 0.378 e.